The minimum Gasteiger partial charge on any atom is -0.478 e. The second-order valence-corrected chi connectivity index (χ2v) is 8.34. The van der Waals surface area contributed by atoms with Gasteiger partial charge in [0.15, 0.2) is 5.57 Å². The maximum atomic E-state index is 13.3. The van der Waals surface area contributed by atoms with Gasteiger partial charge >= 0.3 is 5.97 Å². The van der Waals surface area contributed by atoms with Crippen LogP contribution in [0.4, 0.5) is 0 Å². The Morgan fingerprint density at radius 2 is 1.69 bits per heavy atom. The molecule has 2 aromatic carbocycles. The minimum atomic E-state index is -1.03. The topological polar surface area (TPSA) is 103 Å². The summed E-state index contributed by atoms with van der Waals surface area (Å²) in [6.07, 6.45) is 3.42. The Morgan fingerprint density at radius 1 is 1.03 bits per heavy atom. The van der Waals surface area contributed by atoms with Gasteiger partial charge in [-0.25, -0.2) is 4.79 Å². The number of carbonyl (C=O) groups excluding carboxylic acids is 1. The molecule has 1 amide bonds. The lowest BCUT2D eigenvalue weighted by atomic mass is 10.1. The molecular formula is C24H19N3O4S. The minimum absolute atomic E-state index is 0.0567. The molecule has 0 atom stereocenters. The molecule has 1 aliphatic rings. The van der Waals surface area contributed by atoms with Crippen LogP contribution in [0.3, 0.4) is 0 Å². The summed E-state index contributed by atoms with van der Waals surface area (Å²) in [6, 6.07) is 17.1. The van der Waals surface area contributed by atoms with Crippen LogP contribution in [0.15, 0.2) is 59.4 Å². The smallest absolute Gasteiger partial charge is 0.335 e. The van der Waals surface area contributed by atoms with Crippen molar-refractivity contribution >= 4 is 34.9 Å². The molecule has 1 aliphatic heterocycles. The maximum absolute atomic E-state index is 13.3. The molecule has 160 valence electrons. The summed E-state index contributed by atoms with van der Waals surface area (Å²) in [5, 5.41) is 18.9. The molecule has 1 saturated heterocycles. The molecule has 4 rings (SSSR count). The highest BCUT2D eigenvalue weighted by molar-refractivity contribution is 7.07. The summed E-state index contributed by atoms with van der Waals surface area (Å²) in [5.74, 6) is -1.40. The first kappa shape index (κ1) is 21.3. The molecule has 0 aliphatic carbocycles. The third-order valence-corrected chi connectivity index (χ3v) is 6.32. The van der Waals surface area contributed by atoms with Crippen LogP contribution in [0.5, 0.6) is 0 Å². The molecule has 1 N–H and O–H groups in total. The first-order valence-corrected chi connectivity index (χ1v) is 10.9. The van der Waals surface area contributed by atoms with Crippen molar-refractivity contribution in [2.24, 2.45) is 0 Å². The number of thiazole rings is 1. The fourth-order valence-corrected chi connectivity index (χ4v) is 4.70. The van der Waals surface area contributed by atoms with Gasteiger partial charge in [-0.3, -0.25) is 14.2 Å². The molecule has 0 bridgehead atoms. The van der Waals surface area contributed by atoms with E-state index in [0.717, 1.165) is 24.2 Å². The van der Waals surface area contributed by atoms with Crippen molar-refractivity contribution in [2.45, 2.75) is 12.8 Å². The Morgan fingerprint density at radius 3 is 2.28 bits per heavy atom. The third-order valence-electron chi connectivity index (χ3n) is 5.23. The molecular weight excluding hydrogens is 426 g/mol. The fourth-order valence-electron chi connectivity index (χ4n) is 3.60. The zero-order valence-corrected chi connectivity index (χ0v) is 17.8. The van der Waals surface area contributed by atoms with Crippen molar-refractivity contribution in [1.29, 1.82) is 5.26 Å². The van der Waals surface area contributed by atoms with Crippen molar-refractivity contribution < 1.29 is 14.7 Å². The lowest BCUT2D eigenvalue weighted by Gasteiger charge is -2.14. The van der Waals surface area contributed by atoms with E-state index in [9.17, 15) is 19.6 Å². The monoisotopic (exact) mass is 445 g/mol. The molecule has 0 spiro atoms. The molecule has 3 aromatic rings. The molecule has 7 nitrogen and oxygen atoms in total. The average molecular weight is 446 g/mol. The van der Waals surface area contributed by atoms with E-state index in [1.807, 2.05) is 12.1 Å². The van der Waals surface area contributed by atoms with E-state index in [-0.39, 0.29) is 27.3 Å². The highest BCUT2D eigenvalue weighted by Gasteiger charge is 2.24. The maximum Gasteiger partial charge on any atom is 0.335 e. The summed E-state index contributed by atoms with van der Waals surface area (Å²) < 4.78 is 2.03. The standard InChI is InChI=1S/C24H19N3O4S/c25-15-19(21(28)26-12-4-5-13-26)23-27(18-6-2-1-3-7-18)22(29)20(32-23)14-16-8-10-17(11-9-16)24(30)31/h1-3,6-11,14H,4-5,12-13H2,(H,30,31)/b20-14-,23-19+. The van der Waals surface area contributed by atoms with Gasteiger partial charge in [-0.2, -0.15) is 5.26 Å². The Hall–Kier alpha value is -3.96. The van der Waals surface area contributed by atoms with Crippen LogP contribution in [0.2, 0.25) is 0 Å². The molecule has 0 saturated carbocycles. The Kier molecular flexibility index (Phi) is 6.01. The Labute approximate surface area is 187 Å². The van der Waals surface area contributed by atoms with Crippen LogP contribution < -0.4 is 14.8 Å². The van der Waals surface area contributed by atoms with Crippen LogP contribution in [0, 0.1) is 11.3 Å². The number of likely N-dealkylation sites (tertiary alicyclic amines) is 1. The second kappa shape index (κ2) is 9.04. The SMILES string of the molecule is N#C/C(C(=O)N1CCCC1)=c1\s/c(=C\c2ccc(C(=O)O)cc2)c(=O)n1-c1ccccc1. The summed E-state index contributed by atoms with van der Waals surface area (Å²) in [6.45, 7) is 1.19. The number of nitriles is 1. The zero-order chi connectivity index (χ0) is 22.7. The summed E-state index contributed by atoms with van der Waals surface area (Å²) in [5.41, 5.74) is 0.947. The van der Waals surface area contributed by atoms with E-state index in [1.54, 1.807) is 47.4 Å². The number of hydrogen-bond acceptors (Lipinski definition) is 5. The van der Waals surface area contributed by atoms with E-state index >= 15 is 0 Å². The number of carboxylic acid groups (broad SMARTS) is 1. The van der Waals surface area contributed by atoms with Crippen molar-refractivity contribution in [3.8, 4) is 11.8 Å². The van der Waals surface area contributed by atoms with Crippen molar-refractivity contribution in [3.05, 3.63) is 85.3 Å². The van der Waals surface area contributed by atoms with E-state index in [4.69, 9.17) is 5.11 Å². The van der Waals surface area contributed by atoms with Gasteiger partial charge in [0, 0.05) is 13.1 Å². The molecule has 1 aromatic heterocycles. The molecule has 0 radical (unpaired) electrons. The van der Waals surface area contributed by atoms with E-state index in [2.05, 4.69) is 0 Å². The number of aromatic carboxylic acids is 1. The Bertz CT molecular complexity index is 1390. The van der Waals surface area contributed by atoms with Crippen LogP contribution in [0.25, 0.3) is 17.3 Å². The number of benzene rings is 2. The van der Waals surface area contributed by atoms with Gasteiger partial charge in [0.25, 0.3) is 11.5 Å². The first-order chi connectivity index (χ1) is 15.5. The summed E-state index contributed by atoms with van der Waals surface area (Å²) in [7, 11) is 0. The first-order valence-electron chi connectivity index (χ1n) is 10.1. The highest BCUT2D eigenvalue weighted by Crippen LogP contribution is 2.12. The fraction of sp³-hybridized carbons (Fsp3) is 0.167. The molecule has 2 heterocycles. The highest BCUT2D eigenvalue weighted by atomic mass is 32.1. The van der Waals surface area contributed by atoms with E-state index in [1.165, 1.54) is 16.7 Å². The number of aromatic nitrogens is 1. The summed E-state index contributed by atoms with van der Waals surface area (Å²) in [4.78, 5) is 39.1. The predicted molar refractivity (Wildman–Crippen MR) is 121 cm³/mol. The Balaban J connectivity index is 1.95. The number of amides is 1. The number of rotatable bonds is 4. The predicted octanol–water partition coefficient (Wildman–Crippen LogP) is 1.72. The molecule has 0 unspecified atom stereocenters. The van der Waals surface area contributed by atoms with Crippen LogP contribution in [-0.2, 0) is 4.79 Å². The van der Waals surface area contributed by atoms with Gasteiger partial charge in [0.2, 0.25) is 0 Å². The van der Waals surface area contributed by atoms with Crippen molar-refractivity contribution in [1.82, 2.24) is 9.47 Å². The lowest BCUT2D eigenvalue weighted by Crippen LogP contribution is -2.35. The zero-order valence-electron chi connectivity index (χ0n) is 17.0. The van der Waals surface area contributed by atoms with Crippen LogP contribution in [0.1, 0.15) is 28.8 Å². The quantitative estimate of drug-likeness (QED) is 0.659. The summed E-state index contributed by atoms with van der Waals surface area (Å²) >= 11 is 1.08. The molecule has 1 fully saturated rings. The number of para-hydroxylation sites is 1. The normalized spacial score (nSPS) is 14.8. The van der Waals surface area contributed by atoms with Gasteiger partial charge in [-0.1, -0.05) is 30.3 Å². The molecule has 8 heteroatoms. The van der Waals surface area contributed by atoms with Gasteiger partial charge in [0.05, 0.1) is 15.8 Å². The lowest BCUT2D eigenvalue weighted by molar-refractivity contribution is -0.123. The van der Waals surface area contributed by atoms with Gasteiger partial charge in [-0.05, 0) is 48.7 Å². The number of carbonyl (C=O) groups is 2. The number of hydrogen-bond donors (Lipinski definition) is 1. The van der Waals surface area contributed by atoms with Crippen molar-refractivity contribution in [2.75, 3.05) is 13.1 Å². The van der Waals surface area contributed by atoms with E-state index in [0.29, 0.717) is 28.9 Å². The third kappa shape index (κ3) is 4.11. The number of nitrogens with zero attached hydrogens (tertiary/aromatic N) is 3. The van der Waals surface area contributed by atoms with Crippen LogP contribution >= 0.6 is 11.3 Å². The van der Waals surface area contributed by atoms with E-state index < -0.39 is 5.97 Å². The molecule has 32 heavy (non-hydrogen) atoms. The van der Waals surface area contributed by atoms with Crippen LogP contribution in [-0.4, -0.2) is 39.5 Å². The van der Waals surface area contributed by atoms with Crippen molar-refractivity contribution in [3.63, 3.8) is 0 Å². The second-order valence-electron chi connectivity index (χ2n) is 7.31. The largest absolute Gasteiger partial charge is 0.478 e. The average Bonchev–Trinajstić information content (AvgIpc) is 3.44. The van der Waals surface area contributed by atoms with Gasteiger partial charge in [0.1, 0.15) is 10.7 Å². The van der Waals surface area contributed by atoms with Gasteiger partial charge in [-0.15, -0.1) is 11.3 Å². The van der Waals surface area contributed by atoms with Gasteiger partial charge < -0.3 is 10.0 Å². The number of carboxylic acids is 1.